The van der Waals surface area contributed by atoms with E-state index in [1.807, 2.05) is 6.07 Å². The summed E-state index contributed by atoms with van der Waals surface area (Å²) >= 11 is 0. The monoisotopic (exact) mass is 272 g/mol. The van der Waals surface area contributed by atoms with Crippen molar-refractivity contribution in [3.63, 3.8) is 0 Å². The first-order valence-electron chi connectivity index (χ1n) is 6.06. The van der Waals surface area contributed by atoms with Crippen molar-refractivity contribution >= 4 is 5.91 Å². The molecule has 0 fully saturated rings. The van der Waals surface area contributed by atoms with Crippen LogP contribution in [0.3, 0.4) is 0 Å². The van der Waals surface area contributed by atoms with Gasteiger partial charge in [-0.05, 0) is 24.3 Å². The van der Waals surface area contributed by atoms with Crippen molar-refractivity contribution in [1.82, 2.24) is 14.7 Å². The highest BCUT2D eigenvalue weighted by atomic mass is 19.1. The van der Waals surface area contributed by atoms with E-state index >= 15 is 0 Å². The summed E-state index contributed by atoms with van der Waals surface area (Å²) in [4.78, 5) is 13.5. The number of aromatic nitrogens is 2. The van der Waals surface area contributed by atoms with E-state index in [0.717, 1.165) is 0 Å². The molecule has 0 bridgehead atoms. The van der Waals surface area contributed by atoms with Crippen molar-refractivity contribution in [2.45, 2.75) is 6.42 Å². The number of rotatable bonds is 4. The van der Waals surface area contributed by atoms with Gasteiger partial charge in [0.1, 0.15) is 5.82 Å². The van der Waals surface area contributed by atoms with Crippen molar-refractivity contribution in [2.75, 3.05) is 13.6 Å². The molecule has 0 aliphatic carbocycles. The Morgan fingerprint density at radius 1 is 1.50 bits per heavy atom. The number of nitriles is 1. The van der Waals surface area contributed by atoms with Gasteiger partial charge in [0.25, 0.3) is 5.91 Å². The van der Waals surface area contributed by atoms with Crippen molar-refractivity contribution in [3.05, 3.63) is 48.0 Å². The highest BCUT2D eigenvalue weighted by molar-refractivity contribution is 5.92. The number of carbonyl (C=O) groups excluding carboxylic acids is 1. The lowest BCUT2D eigenvalue weighted by Crippen LogP contribution is -2.28. The molecule has 0 radical (unpaired) electrons. The summed E-state index contributed by atoms with van der Waals surface area (Å²) < 4.78 is 14.6. The van der Waals surface area contributed by atoms with Crippen LogP contribution < -0.4 is 0 Å². The third kappa shape index (κ3) is 3.01. The first-order chi connectivity index (χ1) is 9.61. The van der Waals surface area contributed by atoms with Crippen LogP contribution in [0.25, 0.3) is 5.69 Å². The predicted octanol–water partition coefficient (Wildman–Crippen LogP) is 2.00. The number of halogens is 1. The van der Waals surface area contributed by atoms with Gasteiger partial charge in [-0.3, -0.25) is 4.79 Å². The molecule has 2 rings (SSSR count). The number of amides is 1. The second kappa shape index (κ2) is 5.97. The number of carbonyl (C=O) groups is 1. The summed E-state index contributed by atoms with van der Waals surface area (Å²) in [6.45, 7) is 0.349. The normalized spacial score (nSPS) is 10.1. The molecule has 6 heteroatoms. The maximum atomic E-state index is 13.1. The molecule has 0 saturated carbocycles. The fourth-order valence-corrected chi connectivity index (χ4v) is 1.72. The predicted molar refractivity (Wildman–Crippen MR) is 70.7 cm³/mol. The lowest BCUT2D eigenvalue weighted by atomic mass is 10.3. The van der Waals surface area contributed by atoms with Gasteiger partial charge in [-0.15, -0.1) is 0 Å². The van der Waals surface area contributed by atoms with Gasteiger partial charge >= 0.3 is 0 Å². The van der Waals surface area contributed by atoms with Crippen LogP contribution in [-0.2, 0) is 0 Å². The molecule has 1 amide bonds. The van der Waals surface area contributed by atoms with Crippen molar-refractivity contribution < 1.29 is 9.18 Å². The second-order valence-electron chi connectivity index (χ2n) is 4.26. The summed E-state index contributed by atoms with van der Waals surface area (Å²) in [5, 5.41) is 12.6. The zero-order valence-corrected chi connectivity index (χ0v) is 11.0. The quantitative estimate of drug-likeness (QED) is 0.855. The number of hydrogen-bond acceptors (Lipinski definition) is 3. The third-order valence-corrected chi connectivity index (χ3v) is 2.79. The molecular weight excluding hydrogens is 259 g/mol. The maximum absolute atomic E-state index is 13.1. The van der Waals surface area contributed by atoms with E-state index in [1.165, 1.54) is 21.7 Å². The molecule has 0 aliphatic rings. The fraction of sp³-hybridized carbons (Fsp3) is 0.214. The van der Waals surface area contributed by atoms with Crippen molar-refractivity contribution in [2.24, 2.45) is 0 Å². The Hall–Kier alpha value is -2.68. The maximum Gasteiger partial charge on any atom is 0.274 e. The zero-order chi connectivity index (χ0) is 14.5. The molecule has 0 saturated heterocycles. The fourth-order valence-electron chi connectivity index (χ4n) is 1.72. The van der Waals surface area contributed by atoms with Crippen LogP contribution in [0.15, 0.2) is 36.5 Å². The molecule has 0 unspecified atom stereocenters. The highest BCUT2D eigenvalue weighted by Crippen LogP contribution is 2.10. The number of hydrogen-bond donors (Lipinski definition) is 0. The largest absolute Gasteiger partial charge is 0.339 e. The molecule has 0 aliphatic heterocycles. The van der Waals surface area contributed by atoms with E-state index in [4.69, 9.17) is 5.26 Å². The summed E-state index contributed by atoms with van der Waals surface area (Å²) in [5.41, 5.74) is 0.804. The highest BCUT2D eigenvalue weighted by Gasteiger charge is 2.14. The van der Waals surface area contributed by atoms with Gasteiger partial charge in [-0.2, -0.15) is 10.4 Å². The Kier molecular flexibility index (Phi) is 4.11. The topological polar surface area (TPSA) is 61.9 Å². The summed E-state index contributed by atoms with van der Waals surface area (Å²) in [5.74, 6) is -0.632. The molecule has 0 spiro atoms. The van der Waals surface area contributed by atoms with E-state index in [1.54, 1.807) is 31.4 Å². The van der Waals surface area contributed by atoms with Crippen LogP contribution in [0.4, 0.5) is 4.39 Å². The van der Waals surface area contributed by atoms with Gasteiger partial charge in [-0.1, -0.05) is 6.07 Å². The van der Waals surface area contributed by atoms with Crippen LogP contribution in [-0.4, -0.2) is 34.2 Å². The van der Waals surface area contributed by atoms with Gasteiger partial charge in [0, 0.05) is 19.8 Å². The zero-order valence-electron chi connectivity index (χ0n) is 11.0. The first-order valence-corrected chi connectivity index (χ1v) is 6.06. The molecule has 102 valence electrons. The van der Waals surface area contributed by atoms with E-state index < -0.39 is 0 Å². The van der Waals surface area contributed by atoms with Crippen molar-refractivity contribution in [3.8, 4) is 11.8 Å². The smallest absolute Gasteiger partial charge is 0.274 e. The van der Waals surface area contributed by atoms with E-state index in [0.29, 0.717) is 12.2 Å². The van der Waals surface area contributed by atoms with Gasteiger partial charge in [-0.25, -0.2) is 9.07 Å². The lowest BCUT2D eigenvalue weighted by molar-refractivity contribution is 0.0792. The molecular formula is C14H13FN4O. The molecule has 20 heavy (non-hydrogen) atoms. The molecule has 1 aromatic carbocycles. The number of nitrogens with zero attached hydrogens (tertiary/aromatic N) is 4. The Labute approximate surface area is 115 Å². The Morgan fingerprint density at radius 2 is 2.30 bits per heavy atom. The van der Waals surface area contributed by atoms with Gasteiger partial charge in [0.05, 0.1) is 18.2 Å². The van der Waals surface area contributed by atoms with Crippen molar-refractivity contribution in [1.29, 1.82) is 5.26 Å². The van der Waals surface area contributed by atoms with E-state index in [-0.39, 0.29) is 23.8 Å². The molecule has 5 nitrogen and oxygen atoms in total. The van der Waals surface area contributed by atoms with Gasteiger partial charge in [0.15, 0.2) is 5.69 Å². The van der Waals surface area contributed by atoms with Crippen LogP contribution in [0.5, 0.6) is 0 Å². The minimum absolute atomic E-state index is 0.259. The molecule has 0 N–H and O–H groups in total. The molecule has 2 aromatic rings. The Morgan fingerprint density at radius 3 is 3.00 bits per heavy atom. The summed E-state index contributed by atoms with van der Waals surface area (Å²) in [6, 6.07) is 9.50. The average molecular weight is 272 g/mol. The SMILES string of the molecule is CN(CCC#N)C(=O)c1ccn(-c2cccc(F)c2)n1. The van der Waals surface area contributed by atoms with E-state index in [9.17, 15) is 9.18 Å². The minimum atomic E-state index is -0.364. The molecule has 1 heterocycles. The van der Waals surface area contributed by atoms with Gasteiger partial charge < -0.3 is 4.90 Å². The van der Waals surface area contributed by atoms with Crippen LogP contribution in [0.1, 0.15) is 16.9 Å². The van der Waals surface area contributed by atoms with Gasteiger partial charge in [0.2, 0.25) is 0 Å². The summed E-state index contributed by atoms with van der Waals surface area (Å²) in [7, 11) is 1.61. The summed E-state index contributed by atoms with van der Waals surface area (Å²) in [6.07, 6.45) is 1.87. The molecule has 1 aromatic heterocycles. The van der Waals surface area contributed by atoms with Crippen LogP contribution in [0.2, 0.25) is 0 Å². The number of benzene rings is 1. The average Bonchev–Trinajstić information content (AvgIpc) is 2.93. The second-order valence-corrected chi connectivity index (χ2v) is 4.26. The van der Waals surface area contributed by atoms with Crippen LogP contribution in [0, 0.1) is 17.1 Å². The van der Waals surface area contributed by atoms with E-state index in [2.05, 4.69) is 5.10 Å². The standard InChI is InChI=1S/C14H13FN4O/c1-18(8-3-7-16)14(20)13-6-9-19(17-13)12-5-2-4-11(15)10-12/h2,4-6,9-10H,3,8H2,1H3. The molecule has 0 atom stereocenters. The Bertz CT molecular complexity index is 659. The van der Waals surface area contributed by atoms with Crippen LogP contribution >= 0.6 is 0 Å². The minimum Gasteiger partial charge on any atom is -0.339 e. The lowest BCUT2D eigenvalue weighted by Gasteiger charge is -2.13. The Balaban J connectivity index is 2.17. The first kappa shape index (κ1) is 13.7. The third-order valence-electron chi connectivity index (χ3n) is 2.79.